The van der Waals surface area contributed by atoms with Gasteiger partial charge >= 0.3 is 0 Å². The molecule has 4 nitrogen and oxygen atoms in total. The molecule has 1 fully saturated rings. The summed E-state index contributed by atoms with van der Waals surface area (Å²) in [7, 11) is 0. The summed E-state index contributed by atoms with van der Waals surface area (Å²) >= 11 is 18.3. The summed E-state index contributed by atoms with van der Waals surface area (Å²) in [6.45, 7) is 0.487. The van der Waals surface area contributed by atoms with Gasteiger partial charge < -0.3 is 4.90 Å². The van der Waals surface area contributed by atoms with Crippen LogP contribution in [0.2, 0.25) is 15.1 Å². The smallest absolute Gasteiger partial charge is 0.227 e. The number of halogens is 3. The van der Waals surface area contributed by atoms with Gasteiger partial charge in [0.05, 0.1) is 12.6 Å². The Morgan fingerprint density at radius 1 is 0.935 bits per heavy atom. The van der Waals surface area contributed by atoms with Crippen LogP contribution in [0.5, 0.6) is 0 Å². The van der Waals surface area contributed by atoms with Gasteiger partial charge in [0.25, 0.3) is 0 Å². The molecule has 0 radical (unpaired) electrons. The Hall–Kier alpha value is -2.08. The maximum absolute atomic E-state index is 12.5. The fourth-order valence-electron chi connectivity index (χ4n) is 3.53. The van der Waals surface area contributed by atoms with E-state index in [2.05, 4.69) is 4.84 Å². The molecule has 4 rings (SSSR count). The molecule has 0 aromatic heterocycles. The maximum atomic E-state index is 12.5. The molecule has 7 heteroatoms. The molecule has 0 saturated carbocycles. The van der Waals surface area contributed by atoms with Crippen molar-refractivity contribution in [2.45, 2.75) is 31.9 Å². The number of benzene rings is 3. The lowest BCUT2D eigenvalue weighted by Crippen LogP contribution is -2.38. The maximum Gasteiger partial charge on any atom is 0.227 e. The van der Waals surface area contributed by atoms with E-state index in [-0.39, 0.29) is 11.9 Å². The second-order valence-corrected chi connectivity index (χ2v) is 8.39. The van der Waals surface area contributed by atoms with E-state index >= 15 is 0 Å². The number of piperidine rings is 1. The zero-order valence-corrected chi connectivity index (χ0v) is 19.1. The van der Waals surface area contributed by atoms with Crippen molar-refractivity contribution in [2.75, 3.05) is 4.90 Å². The molecule has 1 atom stereocenters. The number of anilines is 1. The average molecular weight is 478 g/mol. The van der Waals surface area contributed by atoms with Gasteiger partial charge in [-0.05, 0) is 60.4 Å². The van der Waals surface area contributed by atoms with Crippen LogP contribution in [0.25, 0.3) is 0 Å². The van der Waals surface area contributed by atoms with Crippen molar-refractivity contribution in [1.29, 1.82) is 0 Å². The zero-order valence-electron chi connectivity index (χ0n) is 16.8. The van der Waals surface area contributed by atoms with Crippen LogP contribution in [-0.2, 0) is 16.2 Å². The summed E-state index contributed by atoms with van der Waals surface area (Å²) in [6, 6.07) is 22.5. The average Bonchev–Trinajstić information content (AvgIpc) is 2.76. The summed E-state index contributed by atoms with van der Waals surface area (Å²) in [6.07, 6.45) is 2.27. The Balaban J connectivity index is 0.000000254. The number of hydrogen-bond acceptors (Lipinski definition) is 3. The molecule has 3 aromatic carbocycles. The van der Waals surface area contributed by atoms with Crippen molar-refractivity contribution >= 4 is 46.4 Å². The summed E-state index contributed by atoms with van der Waals surface area (Å²) in [4.78, 5) is 18.7. The molecule has 0 bridgehead atoms. The molecule has 1 aliphatic rings. The largest absolute Gasteiger partial charge is 0.305 e. The summed E-state index contributed by atoms with van der Waals surface area (Å²) in [5.74, 6) is 4.96. The lowest BCUT2D eigenvalue weighted by Gasteiger charge is -2.36. The fourth-order valence-corrected chi connectivity index (χ4v) is 4.19. The molecular formula is C24H23Cl3N2O2. The molecule has 3 aromatic rings. The minimum absolute atomic E-state index is 0.0767. The van der Waals surface area contributed by atoms with Crippen LogP contribution in [0.15, 0.2) is 72.8 Å². The third-order valence-corrected chi connectivity index (χ3v) is 5.78. The van der Waals surface area contributed by atoms with E-state index < -0.39 is 0 Å². The standard InChI is InChI=1S/C17H14Cl3NO.C7H9NO/c18-11-4-7-13(8-5-11)21-16(2-1-3-17(21)22)14-9-6-12(19)10-15(14)20;8-9-6-7-4-2-1-3-5-7/h4-10,16H,1-3H2;1-5H,6,8H2. The highest BCUT2D eigenvalue weighted by molar-refractivity contribution is 6.35. The molecule has 31 heavy (non-hydrogen) atoms. The van der Waals surface area contributed by atoms with Crippen molar-refractivity contribution in [3.63, 3.8) is 0 Å². The van der Waals surface area contributed by atoms with Gasteiger partial charge in [0.1, 0.15) is 0 Å². The Bertz CT molecular complexity index is 997. The van der Waals surface area contributed by atoms with Gasteiger partial charge in [-0.1, -0.05) is 71.2 Å². The van der Waals surface area contributed by atoms with E-state index in [1.807, 2.05) is 59.5 Å². The predicted octanol–water partition coefficient (Wildman–Crippen LogP) is 6.98. The van der Waals surface area contributed by atoms with Crippen LogP contribution in [0.1, 0.15) is 36.4 Å². The summed E-state index contributed by atoms with van der Waals surface area (Å²) in [5, 5.41) is 1.83. The Morgan fingerprint density at radius 2 is 1.61 bits per heavy atom. The first-order valence-electron chi connectivity index (χ1n) is 9.87. The third-order valence-electron chi connectivity index (χ3n) is 4.97. The molecule has 1 heterocycles. The number of rotatable bonds is 4. The van der Waals surface area contributed by atoms with Crippen LogP contribution < -0.4 is 10.8 Å². The second-order valence-electron chi connectivity index (χ2n) is 7.11. The highest BCUT2D eigenvalue weighted by Crippen LogP contribution is 2.39. The Kier molecular flexibility index (Phi) is 8.76. The first kappa shape index (κ1) is 23.6. The lowest BCUT2D eigenvalue weighted by molar-refractivity contribution is -0.120. The SMILES string of the molecule is NOCc1ccccc1.O=C1CCCC(c2ccc(Cl)cc2Cl)N1c1ccc(Cl)cc1. The van der Waals surface area contributed by atoms with Crippen LogP contribution >= 0.6 is 34.8 Å². The van der Waals surface area contributed by atoms with Gasteiger partial charge in [-0.2, -0.15) is 0 Å². The second kappa shape index (κ2) is 11.5. The van der Waals surface area contributed by atoms with Crippen molar-refractivity contribution < 1.29 is 9.63 Å². The fraction of sp³-hybridized carbons (Fsp3) is 0.208. The van der Waals surface area contributed by atoms with Crippen LogP contribution in [0.3, 0.4) is 0 Å². The number of carbonyl (C=O) groups excluding carboxylic acids is 1. The quantitative estimate of drug-likeness (QED) is 0.412. The summed E-state index contributed by atoms with van der Waals surface area (Å²) < 4.78 is 0. The predicted molar refractivity (Wildman–Crippen MR) is 127 cm³/mol. The molecule has 1 aliphatic heterocycles. The molecule has 1 saturated heterocycles. The number of hydrogen-bond donors (Lipinski definition) is 1. The lowest BCUT2D eigenvalue weighted by atomic mass is 9.94. The monoisotopic (exact) mass is 476 g/mol. The molecule has 1 amide bonds. The zero-order chi connectivity index (χ0) is 22.2. The number of nitrogens with zero attached hydrogens (tertiary/aromatic N) is 1. The van der Waals surface area contributed by atoms with Crippen LogP contribution in [0.4, 0.5) is 5.69 Å². The van der Waals surface area contributed by atoms with Crippen molar-refractivity contribution in [1.82, 2.24) is 0 Å². The number of nitrogens with two attached hydrogens (primary N) is 1. The van der Waals surface area contributed by atoms with E-state index in [9.17, 15) is 4.79 Å². The van der Waals surface area contributed by atoms with Gasteiger partial charge in [0.15, 0.2) is 0 Å². The van der Waals surface area contributed by atoms with Gasteiger partial charge in [0, 0.05) is 27.2 Å². The van der Waals surface area contributed by atoms with Crippen LogP contribution in [-0.4, -0.2) is 5.91 Å². The highest BCUT2D eigenvalue weighted by atomic mass is 35.5. The minimum Gasteiger partial charge on any atom is -0.305 e. The Labute approximate surface area is 197 Å². The van der Waals surface area contributed by atoms with Crippen molar-refractivity contribution in [3.05, 3.63) is 99.0 Å². The molecular weight excluding hydrogens is 455 g/mol. The van der Waals surface area contributed by atoms with Crippen molar-refractivity contribution in [2.24, 2.45) is 5.90 Å². The van der Waals surface area contributed by atoms with Gasteiger partial charge in [0.2, 0.25) is 5.91 Å². The third kappa shape index (κ3) is 6.45. The molecule has 0 spiro atoms. The first-order chi connectivity index (χ1) is 15.0. The van der Waals surface area contributed by atoms with Gasteiger partial charge in [-0.3, -0.25) is 9.63 Å². The van der Waals surface area contributed by atoms with Crippen LogP contribution in [0, 0.1) is 0 Å². The molecule has 162 valence electrons. The Morgan fingerprint density at radius 3 is 2.26 bits per heavy atom. The molecule has 1 unspecified atom stereocenters. The summed E-state index contributed by atoms with van der Waals surface area (Å²) in [5.41, 5.74) is 2.86. The topological polar surface area (TPSA) is 55.6 Å². The van der Waals surface area contributed by atoms with Gasteiger partial charge in [-0.15, -0.1) is 0 Å². The van der Waals surface area contributed by atoms with E-state index in [1.54, 1.807) is 18.2 Å². The van der Waals surface area contributed by atoms with Crippen molar-refractivity contribution in [3.8, 4) is 0 Å². The van der Waals surface area contributed by atoms with E-state index in [0.29, 0.717) is 28.1 Å². The van der Waals surface area contributed by atoms with Gasteiger partial charge in [-0.25, -0.2) is 5.90 Å². The molecule has 2 N–H and O–H groups in total. The van der Waals surface area contributed by atoms with E-state index in [0.717, 1.165) is 29.7 Å². The number of amides is 1. The highest BCUT2D eigenvalue weighted by Gasteiger charge is 2.31. The van der Waals surface area contributed by atoms with E-state index in [4.69, 9.17) is 40.7 Å². The normalized spacial score (nSPS) is 15.9. The van der Waals surface area contributed by atoms with E-state index in [1.165, 1.54) is 0 Å². The molecule has 0 aliphatic carbocycles. The number of carbonyl (C=O) groups is 1. The minimum atomic E-state index is -0.0767. The first-order valence-corrected chi connectivity index (χ1v) is 11.0.